The molecule has 0 saturated heterocycles. The molecule has 20 heavy (non-hydrogen) atoms. The summed E-state index contributed by atoms with van der Waals surface area (Å²) in [5.41, 5.74) is 0. The Labute approximate surface area is 111 Å². The van der Waals surface area contributed by atoms with E-state index in [2.05, 4.69) is 9.47 Å². The Morgan fingerprint density at radius 1 is 1.15 bits per heavy atom. The van der Waals surface area contributed by atoms with Crippen LogP contribution in [0.25, 0.3) is 0 Å². The summed E-state index contributed by atoms with van der Waals surface area (Å²) in [6.45, 7) is -1.36. The Balaban J connectivity index is 2.56. The zero-order valence-corrected chi connectivity index (χ0v) is 10.7. The first-order chi connectivity index (χ1) is 9.07. The van der Waals surface area contributed by atoms with E-state index in [1.807, 2.05) is 0 Å². The molecule has 11 heteroatoms. The van der Waals surface area contributed by atoms with Gasteiger partial charge in [-0.05, 0) is 12.8 Å². The van der Waals surface area contributed by atoms with Crippen molar-refractivity contribution in [3.63, 3.8) is 0 Å². The molecule has 2 unspecified atom stereocenters. The van der Waals surface area contributed by atoms with Crippen molar-refractivity contribution in [3.05, 3.63) is 0 Å². The van der Waals surface area contributed by atoms with Crippen molar-refractivity contribution in [2.24, 2.45) is 0 Å². The molecule has 0 aromatic carbocycles. The predicted octanol–water partition coefficient (Wildman–Crippen LogP) is 0.856. The lowest BCUT2D eigenvalue weighted by Crippen LogP contribution is -2.38. The molecule has 2 atom stereocenters. The Bertz CT molecular complexity index is 491. The number of alkyl halides is 3. The van der Waals surface area contributed by atoms with Gasteiger partial charge >= 0.3 is 27.4 Å². The van der Waals surface area contributed by atoms with Gasteiger partial charge in [-0.25, -0.2) is 14.0 Å². The van der Waals surface area contributed by atoms with Crippen LogP contribution < -0.4 is 0 Å². The maximum absolute atomic E-state index is 12.8. The second kappa shape index (κ2) is 5.94. The standard InChI is InChI=1S/C9H10F4O6S/c10-4-7(14)18-5-1-2-6(3-5)19-8(15)9(11,12)20(13,16)17/h5-6H,1-4H2. The average Bonchev–Trinajstić information content (AvgIpc) is 2.74. The highest BCUT2D eigenvalue weighted by Gasteiger charge is 2.56. The van der Waals surface area contributed by atoms with Crippen LogP contribution in [0.1, 0.15) is 19.3 Å². The summed E-state index contributed by atoms with van der Waals surface area (Å²) in [4.78, 5) is 21.5. The molecule has 6 nitrogen and oxygen atoms in total. The molecule has 1 aliphatic rings. The molecule has 0 aromatic rings. The molecule has 0 aromatic heterocycles. The first kappa shape index (κ1) is 16.7. The number of carbonyl (C=O) groups excluding carboxylic acids is 2. The fourth-order valence-corrected chi connectivity index (χ4v) is 1.90. The van der Waals surface area contributed by atoms with Gasteiger partial charge in [0.05, 0.1) is 0 Å². The first-order valence-electron chi connectivity index (χ1n) is 5.36. The van der Waals surface area contributed by atoms with Crippen LogP contribution in [-0.4, -0.2) is 44.5 Å². The minimum absolute atomic E-state index is 0.00160. The van der Waals surface area contributed by atoms with Gasteiger partial charge in [0.25, 0.3) is 0 Å². The molecule has 1 fully saturated rings. The van der Waals surface area contributed by atoms with Crippen LogP contribution in [-0.2, 0) is 29.3 Å². The molecular formula is C9H10F4O6S. The monoisotopic (exact) mass is 322 g/mol. The van der Waals surface area contributed by atoms with Gasteiger partial charge in [0.2, 0.25) is 0 Å². The van der Waals surface area contributed by atoms with Gasteiger partial charge in [-0.1, -0.05) is 3.89 Å². The number of hydrogen-bond donors (Lipinski definition) is 0. The van der Waals surface area contributed by atoms with Gasteiger partial charge in [0, 0.05) is 6.42 Å². The minimum Gasteiger partial charge on any atom is -0.460 e. The second-order valence-electron chi connectivity index (χ2n) is 4.04. The number of rotatable bonds is 5. The summed E-state index contributed by atoms with van der Waals surface area (Å²) < 4.78 is 78.5. The molecule has 0 heterocycles. The third-order valence-electron chi connectivity index (χ3n) is 2.56. The molecule has 0 aliphatic heterocycles. The highest BCUT2D eigenvalue weighted by Crippen LogP contribution is 2.30. The van der Waals surface area contributed by atoms with Gasteiger partial charge in [-0.3, -0.25) is 0 Å². The summed E-state index contributed by atoms with van der Waals surface area (Å²) in [7, 11) is -6.42. The normalized spacial score (nSPS) is 23.4. The van der Waals surface area contributed by atoms with Crippen LogP contribution in [0.2, 0.25) is 0 Å². The quantitative estimate of drug-likeness (QED) is 0.424. The third-order valence-corrected chi connectivity index (χ3v) is 3.34. The van der Waals surface area contributed by atoms with Crippen LogP contribution >= 0.6 is 0 Å². The molecule has 0 spiro atoms. The van der Waals surface area contributed by atoms with E-state index < -0.39 is 46.3 Å². The lowest BCUT2D eigenvalue weighted by Gasteiger charge is -2.16. The molecule has 1 aliphatic carbocycles. The SMILES string of the molecule is O=C(CF)OC1CCC(OC(=O)C(F)(F)S(=O)(=O)F)C1. The van der Waals surface area contributed by atoms with Crippen LogP contribution in [0.5, 0.6) is 0 Å². The molecule has 0 bridgehead atoms. The Morgan fingerprint density at radius 3 is 2.10 bits per heavy atom. The smallest absolute Gasteiger partial charge is 0.460 e. The van der Waals surface area contributed by atoms with Crippen molar-refractivity contribution >= 4 is 22.2 Å². The largest absolute Gasteiger partial charge is 0.470 e. The summed E-state index contributed by atoms with van der Waals surface area (Å²) in [6.07, 6.45) is -2.06. The predicted molar refractivity (Wildman–Crippen MR) is 54.6 cm³/mol. The fraction of sp³-hybridized carbons (Fsp3) is 0.778. The lowest BCUT2D eigenvalue weighted by atomic mass is 10.3. The van der Waals surface area contributed by atoms with Gasteiger partial charge in [-0.2, -0.15) is 17.2 Å². The van der Waals surface area contributed by atoms with Crippen LogP contribution in [0, 0.1) is 0 Å². The maximum atomic E-state index is 12.8. The maximum Gasteiger partial charge on any atom is 0.470 e. The van der Waals surface area contributed by atoms with Crippen molar-refractivity contribution in [1.29, 1.82) is 0 Å². The van der Waals surface area contributed by atoms with Crippen LogP contribution in [0.4, 0.5) is 17.1 Å². The van der Waals surface area contributed by atoms with E-state index in [1.165, 1.54) is 0 Å². The second-order valence-corrected chi connectivity index (χ2v) is 5.43. The Morgan fingerprint density at radius 2 is 1.65 bits per heavy atom. The molecule has 0 radical (unpaired) electrons. The van der Waals surface area contributed by atoms with Crippen molar-refractivity contribution in [3.8, 4) is 0 Å². The van der Waals surface area contributed by atoms with Gasteiger partial charge in [0.1, 0.15) is 12.2 Å². The number of carbonyl (C=O) groups is 2. The van der Waals surface area contributed by atoms with E-state index in [-0.39, 0.29) is 19.3 Å². The summed E-state index contributed by atoms with van der Waals surface area (Å²) >= 11 is 0. The third kappa shape index (κ3) is 3.81. The van der Waals surface area contributed by atoms with Gasteiger partial charge < -0.3 is 9.47 Å². The van der Waals surface area contributed by atoms with Gasteiger partial charge in [0.15, 0.2) is 6.67 Å². The van der Waals surface area contributed by atoms with Crippen LogP contribution in [0.3, 0.4) is 0 Å². The molecular weight excluding hydrogens is 312 g/mol. The summed E-state index contributed by atoms with van der Waals surface area (Å²) in [6, 6.07) is 0. The Hall–Kier alpha value is -1.39. The van der Waals surface area contributed by atoms with Crippen molar-refractivity contribution < 1.29 is 44.5 Å². The first-order valence-corrected chi connectivity index (χ1v) is 6.74. The summed E-state index contributed by atoms with van der Waals surface area (Å²) in [5.74, 6) is -3.69. The van der Waals surface area contributed by atoms with E-state index in [4.69, 9.17) is 0 Å². The molecule has 0 N–H and O–H groups in total. The molecule has 1 rings (SSSR count). The molecule has 1 saturated carbocycles. The van der Waals surface area contributed by atoms with E-state index in [1.54, 1.807) is 0 Å². The number of hydrogen-bond acceptors (Lipinski definition) is 6. The topological polar surface area (TPSA) is 86.7 Å². The highest BCUT2D eigenvalue weighted by atomic mass is 32.3. The number of ether oxygens (including phenoxy) is 2. The van der Waals surface area contributed by atoms with Crippen molar-refractivity contribution in [1.82, 2.24) is 0 Å². The van der Waals surface area contributed by atoms with E-state index in [0.29, 0.717) is 0 Å². The number of esters is 2. The van der Waals surface area contributed by atoms with Gasteiger partial charge in [-0.15, -0.1) is 0 Å². The van der Waals surface area contributed by atoms with E-state index >= 15 is 0 Å². The van der Waals surface area contributed by atoms with E-state index in [0.717, 1.165) is 0 Å². The fourth-order valence-electron chi connectivity index (χ4n) is 1.65. The van der Waals surface area contributed by atoms with Crippen molar-refractivity contribution in [2.75, 3.05) is 6.67 Å². The summed E-state index contributed by atoms with van der Waals surface area (Å²) in [5, 5.41) is -5.29. The highest BCUT2D eigenvalue weighted by molar-refractivity contribution is 7.88. The van der Waals surface area contributed by atoms with Crippen molar-refractivity contribution in [2.45, 2.75) is 36.7 Å². The van der Waals surface area contributed by atoms with E-state index in [9.17, 15) is 35.1 Å². The average molecular weight is 322 g/mol. The molecule has 0 amide bonds. The zero-order valence-electron chi connectivity index (χ0n) is 9.85. The lowest BCUT2D eigenvalue weighted by molar-refractivity contribution is -0.167. The molecule has 116 valence electrons. The Kier molecular flexibility index (Phi) is 4.95. The number of halogens is 4. The minimum atomic E-state index is -6.42. The van der Waals surface area contributed by atoms with Crippen LogP contribution in [0.15, 0.2) is 0 Å². The zero-order chi connectivity index (χ0) is 15.6.